The minimum absolute atomic E-state index is 0.00644. The van der Waals surface area contributed by atoms with Crippen LogP contribution >= 0.6 is 45.8 Å². The van der Waals surface area contributed by atoms with Gasteiger partial charge in [0.1, 0.15) is 16.5 Å². The van der Waals surface area contributed by atoms with Crippen molar-refractivity contribution in [1.82, 2.24) is 0 Å². The van der Waals surface area contributed by atoms with Crippen molar-refractivity contribution in [3.63, 3.8) is 0 Å². The van der Waals surface area contributed by atoms with Gasteiger partial charge in [-0.05, 0) is 77.6 Å². The third-order valence-corrected chi connectivity index (χ3v) is 7.49. The van der Waals surface area contributed by atoms with Gasteiger partial charge in [0, 0.05) is 0 Å². The fourth-order valence-electron chi connectivity index (χ4n) is 2.87. The average Bonchev–Trinajstić information content (AvgIpc) is 2.82. The van der Waals surface area contributed by atoms with Crippen LogP contribution in [0.25, 0.3) is 6.08 Å². The fraction of sp³-hybridized carbons (Fsp3) is 0.0833. The molecule has 0 atom stereocenters. The molecule has 0 aliphatic heterocycles. The summed E-state index contributed by atoms with van der Waals surface area (Å²) in [5.41, 5.74) is 1.35. The van der Waals surface area contributed by atoms with E-state index in [4.69, 9.17) is 32.1 Å². The number of nitriles is 1. The molecular formula is C24H17Cl2IN2O5S. The zero-order valence-corrected chi connectivity index (χ0v) is 22.8. The number of hydrogen-bond acceptors (Lipinski definition) is 6. The van der Waals surface area contributed by atoms with Crippen molar-refractivity contribution in [3.05, 3.63) is 84.9 Å². The van der Waals surface area contributed by atoms with Crippen molar-refractivity contribution < 1.29 is 22.1 Å². The van der Waals surface area contributed by atoms with Gasteiger partial charge in [0.15, 0.2) is 11.5 Å². The number of nitrogens with zero attached hydrogens (tertiary/aromatic N) is 1. The predicted molar refractivity (Wildman–Crippen MR) is 143 cm³/mol. The smallest absolute Gasteiger partial charge is 0.339 e. The van der Waals surface area contributed by atoms with Gasteiger partial charge in [-0.1, -0.05) is 47.0 Å². The molecule has 3 rings (SSSR count). The van der Waals surface area contributed by atoms with E-state index in [9.17, 15) is 18.5 Å². The number of anilines is 1. The maximum absolute atomic E-state index is 12.7. The van der Waals surface area contributed by atoms with Crippen molar-refractivity contribution in [2.24, 2.45) is 0 Å². The molecule has 11 heteroatoms. The van der Waals surface area contributed by atoms with Crippen LogP contribution < -0.4 is 14.2 Å². The van der Waals surface area contributed by atoms with Crippen molar-refractivity contribution >= 4 is 73.6 Å². The molecule has 0 aliphatic carbocycles. The number of aryl methyl sites for hydroxylation is 1. The molecule has 35 heavy (non-hydrogen) atoms. The molecule has 0 heterocycles. The summed E-state index contributed by atoms with van der Waals surface area (Å²) in [5.74, 6) is -0.609. The van der Waals surface area contributed by atoms with Crippen molar-refractivity contribution in [2.75, 3.05) is 12.4 Å². The molecule has 3 aromatic carbocycles. The van der Waals surface area contributed by atoms with E-state index in [0.717, 1.165) is 5.56 Å². The van der Waals surface area contributed by atoms with E-state index >= 15 is 0 Å². The maximum Gasteiger partial charge on any atom is 0.339 e. The number of amides is 1. The molecule has 0 radical (unpaired) electrons. The molecule has 7 nitrogen and oxygen atoms in total. The number of hydrogen-bond donors (Lipinski definition) is 1. The number of methoxy groups -OCH3 is 1. The highest BCUT2D eigenvalue weighted by Gasteiger charge is 2.22. The number of carbonyl (C=O) groups excluding carboxylic acids is 1. The third kappa shape index (κ3) is 6.46. The van der Waals surface area contributed by atoms with E-state index in [-0.39, 0.29) is 37.7 Å². The first-order valence-electron chi connectivity index (χ1n) is 9.81. The van der Waals surface area contributed by atoms with Crippen LogP contribution in [0.3, 0.4) is 0 Å². The minimum Gasteiger partial charge on any atom is -0.493 e. The van der Waals surface area contributed by atoms with Gasteiger partial charge in [0.05, 0.1) is 26.4 Å². The summed E-state index contributed by atoms with van der Waals surface area (Å²) in [7, 11) is -2.77. The van der Waals surface area contributed by atoms with Crippen LogP contribution in [0.15, 0.2) is 65.1 Å². The average molecular weight is 643 g/mol. The molecule has 3 aromatic rings. The Morgan fingerprint density at radius 1 is 1.14 bits per heavy atom. The Labute approximate surface area is 226 Å². The standard InChI is InChI=1S/C24H17Cl2IN2O5S/c1-14-6-8-17(9-7-14)35(31,32)34-23-19(27)11-15(12-21(23)33-2)10-16(13-28)24(30)29-20-5-3-4-18(25)22(20)26/h3-12H,1-2H3,(H,29,30)/b16-10+. The molecule has 0 spiro atoms. The predicted octanol–water partition coefficient (Wildman–Crippen LogP) is 6.23. The van der Waals surface area contributed by atoms with E-state index in [1.54, 1.807) is 36.4 Å². The first-order chi connectivity index (χ1) is 16.6. The molecule has 0 saturated carbocycles. The van der Waals surface area contributed by atoms with Crippen molar-refractivity contribution in [1.29, 1.82) is 5.26 Å². The molecule has 0 aliphatic rings. The number of carbonyl (C=O) groups is 1. The zero-order valence-electron chi connectivity index (χ0n) is 18.3. The maximum atomic E-state index is 12.7. The molecule has 0 fully saturated rings. The molecule has 1 N–H and O–H groups in total. The Kier molecular flexibility index (Phi) is 8.66. The first-order valence-corrected chi connectivity index (χ1v) is 13.1. The Morgan fingerprint density at radius 3 is 2.46 bits per heavy atom. The lowest BCUT2D eigenvalue weighted by molar-refractivity contribution is -0.112. The Balaban J connectivity index is 1.92. The van der Waals surface area contributed by atoms with Crippen LogP contribution in [0.1, 0.15) is 11.1 Å². The second kappa shape index (κ2) is 11.3. The monoisotopic (exact) mass is 642 g/mol. The largest absolute Gasteiger partial charge is 0.493 e. The third-order valence-electron chi connectivity index (χ3n) is 4.63. The lowest BCUT2D eigenvalue weighted by Crippen LogP contribution is -2.14. The normalized spacial score (nSPS) is 11.5. The van der Waals surface area contributed by atoms with E-state index in [1.807, 2.05) is 35.6 Å². The lowest BCUT2D eigenvalue weighted by Gasteiger charge is -2.14. The Bertz CT molecular complexity index is 1470. The Morgan fingerprint density at radius 2 is 1.83 bits per heavy atom. The van der Waals surface area contributed by atoms with Crippen molar-refractivity contribution in [2.45, 2.75) is 11.8 Å². The van der Waals surface area contributed by atoms with Gasteiger partial charge in [0.2, 0.25) is 0 Å². The summed E-state index contributed by atoms with van der Waals surface area (Å²) >= 11 is 14.0. The van der Waals surface area contributed by atoms with Crippen LogP contribution in [0.2, 0.25) is 10.0 Å². The molecule has 0 bridgehead atoms. The van der Waals surface area contributed by atoms with Crippen LogP contribution in [0, 0.1) is 21.8 Å². The van der Waals surface area contributed by atoms with Gasteiger partial charge in [-0.2, -0.15) is 13.7 Å². The second-order valence-electron chi connectivity index (χ2n) is 7.11. The van der Waals surface area contributed by atoms with Gasteiger partial charge in [-0.25, -0.2) is 0 Å². The van der Waals surface area contributed by atoms with E-state index in [2.05, 4.69) is 5.32 Å². The highest BCUT2D eigenvalue weighted by molar-refractivity contribution is 14.1. The SMILES string of the molecule is COc1cc(/C=C(\C#N)C(=O)Nc2cccc(Cl)c2Cl)cc(I)c1OS(=O)(=O)c1ccc(C)cc1. The summed E-state index contributed by atoms with van der Waals surface area (Å²) in [4.78, 5) is 12.6. The summed E-state index contributed by atoms with van der Waals surface area (Å²) in [5, 5.41) is 12.5. The summed E-state index contributed by atoms with van der Waals surface area (Å²) in [6, 6.07) is 15.8. The molecule has 0 aromatic heterocycles. The fourth-order valence-corrected chi connectivity index (χ4v) is 5.06. The highest BCUT2D eigenvalue weighted by atomic mass is 127. The summed E-state index contributed by atoms with van der Waals surface area (Å²) in [6.45, 7) is 1.84. The minimum atomic E-state index is -4.12. The number of benzene rings is 3. The van der Waals surface area contributed by atoms with E-state index < -0.39 is 16.0 Å². The molecule has 0 saturated heterocycles. The number of halogens is 3. The van der Waals surface area contributed by atoms with Gasteiger partial charge in [-0.3, -0.25) is 4.79 Å². The Hall–Kier alpha value is -2.78. The van der Waals surface area contributed by atoms with Crippen LogP contribution in [0.4, 0.5) is 5.69 Å². The topological polar surface area (TPSA) is 105 Å². The van der Waals surface area contributed by atoms with Gasteiger partial charge in [0.25, 0.3) is 5.91 Å². The van der Waals surface area contributed by atoms with E-state index in [0.29, 0.717) is 9.13 Å². The molecule has 1 amide bonds. The van der Waals surface area contributed by atoms with E-state index in [1.165, 1.54) is 31.4 Å². The van der Waals surface area contributed by atoms with Gasteiger partial charge < -0.3 is 14.2 Å². The zero-order chi connectivity index (χ0) is 25.8. The first kappa shape index (κ1) is 26.8. The van der Waals surface area contributed by atoms with Crippen LogP contribution in [0.5, 0.6) is 11.5 Å². The molecule has 180 valence electrons. The highest BCUT2D eigenvalue weighted by Crippen LogP contribution is 2.37. The van der Waals surface area contributed by atoms with Gasteiger partial charge >= 0.3 is 10.1 Å². The lowest BCUT2D eigenvalue weighted by atomic mass is 10.1. The van der Waals surface area contributed by atoms with Gasteiger partial charge in [-0.15, -0.1) is 0 Å². The molecular weight excluding hydrogens is 626 g/mol. The summed E-state index contributed by atoms with van der Waals surface area (Å²) < 4.78 is 36.6. The number of ether oxygens (including phenoxy) is 1. The quantitative estimate of drug-likeness (QED) is 0.142. The number of nitrogens with one attached hydrogen (secondary N) is 1. The molecule has 0 unspecified atom stereocenters. The summed E-state index contributed by atoms with van der Waals surface area (Å²) in [6.07, 6.45) is 1.33. The number of rotatable bonds is 7. The second-order valence-corrected chi connectivity index (χ2v) is 10.6. The van der Waals surface area contributed by atoms with Crippen LogP contribution in [-0.2, 0) is 14.9 Å². The van der Waals surface area contributed by atoms with Crippen LogP contribution in [-0.4, -0.2) is 21.4 Å². The van der Waals surface area contributed by atoms with Crippen molar-refractivity contribution in [3.8, 4) is 17.6 Å².